The topological polar surface area (TPSA) is 127 Å². The first-order valence-corrected chi connectivity index (χ1v) is 4.39. The van der Waals surface area contributed by atoms with Crippen molar-refractivity contribution in [3.8, 4) is 0 Å². The Balaban J connectivity index is 3.04. The number of ether oxygens (including phenoxy) is 1. The maximum absolute atomic E-state index is 11.1. The van der Waals surface area contributed by atoms with Crippen LogP contribution in [0.3, 0.4) is 0 Å². The van der Waals surface area contributed by atoms with Crippen LogP contribution >= 0.6 is 0 Å². The van der Waals surface area contributed by atoms with Crippen molar-refractivity contribution in [2.75, 3.05) is 6.61 Å². The van der Waals surface area contributed by atoms with Gasteiger partial charge in [-0.1, -0.05) is 0 Å². The molecule has 0 aromatic heterocycles. The third kappa shape index (κ3) is 1.78. The van der Waals surface area contributed by atoms with Gasteiger partial charge in [-0.2, -0.15) is 0 Å². The van der Waals surface area contributed by atoms with Crippen LogP contribution in [-0.2, 0) is 9.53 Å². The molecular weight excluding hydrogens is 208 g/mol. The first kappa shape index (κ1) is 12.5. The molecule has 5 atom stereocenters. The van der Waals surface area contributed by atoms with Crippen LogP contribution in [-0.4, -0.2) is 68.1 Å². The maximum atomic E-state index is 11.1. The lowest BCUT2D eigenvalue weighted by Gasteiger charge is -2.44. The molecule has 0 saturated carbocycles. The molecule has 15 heavy (non-hydrogen) atoms. The molecular formula is C8H14O7. The van der Waals surface area contributed by atoms with Gasteiger partial charge in [0.2, 0.25) is 0 Å². The number of carbonyl (C=O) groups excluding carboxylic acids is 1. The van der Waals surface area contributed by atoms with Gasteiger partial charge in [0.25, 0.3) is 0 Å². The summed E-state index contributed by atoms with van der Waals surface area (Å²) in [5, 5.41) is 46.6. The van der Waals surface area contributed by atoms with Crippen LogP contribution in [0, 0.1) is 0 Å². The molecule has 0 aromatic rings. The molecule has 0 bridgehead atoms. The van der Waals surface area contributed by atoms with Crippen molar-refractivity contribution in [3.63, 3.8) is 0 Å². The highest BCUT2D eigenvalue weighted by atomic mass is 16.6. The average molecular weight is 222 g/mol. The van der Waals surface area contributed by atoms with Crippen LogP contribution in [0.5, 0.6) is 0 Å². The fourth-order valence-corrected chi connectivity index (χ4v) is 1.56. The molecule has 7 nitrogen and oxygen atoms in total. The van der Waals surface area contributed by atoms with E-state index in [0.29, 0.717) is 0 Å². The van der Waals surface area contributed by atoms with Gasteiger partial charge >= 0.3 is 0 Å². The summed E-state index contributed by atoms with van der Waals surface area (Å²) in [4.78, 5) is 11.1. The number of carbonyl (C=O) groups is 1. The third-order valence-electron chi connectivity index (χ3n) is 2.58. The van der Waals surface area contributed by atoms with E-state index in [-0.39, 0.29) is 0 Å². The predicted octanol–water partition coefficient (Wildman–Crippen LogP) is -3.26. The Labute approximate surface area is 85.5 Å². The maximum Gasteiger partial charge on any atom is 0.184 e. The van der Waals surface area contributed by atoms with Crippen molar-refractivity contribution in [2.45, 2.75) is 37.1 Å². The van der Waals surface area contributed by atoms with Gasteiger partial charge in [-0.25, -0.2) is 0 Å². The summed E-state index contributed by atoms with van der Waals surface area (Å²) >= 11 is 0. The number of hydrogen-bond donors (Lipinski definition) is 5. The van der Waals surface area contributed by atoms with Gasteiger partial charge in [0.05, 0.1) is 6.61 Å². The fraction of sp³-hybridized carbons (Fsp3) is 0.875. The Morgan fingerprint density at radius 1 is 1.33 bits per heavy atom. The lowest BCUT2D eigenvalue weighted by Crippen LogP contribution is -2.70. The van der Waals surface area contributed by atoms with Crippen LogP contribution in [0.25, 0.3) is 0 Å². The highest BCUT2D eigenvalue weighted by molar-refractivity contribution is 5.86. The monoisotopic (exact) mass is 222 g/mol. The Kier molecular flexibility index (Phi) is 3.44. The van der Waals surface area contributed by atoms with Gasteiger partial charge in [-0.05, 0) is 6.92 Å². The molecule has 0 amide bonds. The summed E-state index contributed by atoms with van der Waals surface area (Å²) in [6.07, 6.45) is -6.90. The van der Waals surface area contributed by atoms with Gasteiger partial charge in [0, 0.05) is 0 Å². The highest BCUT2D eigenvalue weighted by Gasteiger charge is 2.57. The minimum absolute atomic E-state index is 0.694. The van der Waals surface area contributed by atoms with E-state index in [9.17, 15) is 25.2 Å². The molecule has 0 aliphatic carbocycles. The van der Waals surface area contributed by atoms with E-state index in [2.05, 4.69) is 4.74 Å². The molecule has 5 N–H and O–H groups in total. The van der Waals surface area contributed by atoms with Gasteiger partial charge in [0.15, 0.2) is 17.7 Å². The van der Waals surface area contributed by atoms with Crippen LogP contribution in [0.1, 0.15) is 6.92 Å². The highest BCUT2D eigenvalue weighted by Crippen LogP contribution is 2.29. The smallest absolute Gasteiger partial charge is 0.184 e. The molecule has 0 spiro atoms. The van der Waals surface area contributed by atoms with Crippen LogP contribution in [0.4, 0.5) is 0 Å². The molecule has 88 valence electrons. The van der Waals surface area contributed by atoms with Gasteiger partial charge in [-0.3, -0.25) is 4.79 Å². The molecule has 1 fully saturated rings. The number of aliphatic hydroxyl groups excluding tert-OH is 4. The zero-order valence-electron chi connectivity index (χ0n) is 8.07. The number of rotatable bonds is 2. The molecule has 1 aliphatic heterocycles. The molecule has 0 aromatic carbocycles. The molecule has 1 aliphatic rings. The number of ketones is 1. The summed E-state index contributed by atoms with van der Waals surface area (Å²) in [7, 11) is 0. The van der Waals surface area contributed by atoms with Crippen molar-refractivity contribution in [3.05, 3.63) is 0 Å². The van der Waals surface area contributed by atoms with Crippen molar-refractivity contribution in [2.24, 2.45) is 0 Å². The van der Waals surface area contributed by atoms with Gasteiger partial charge in [0.1, 0.15) is 18.3 Å². The fourth-order valence-electron chi connectivity index (χ4n) is 1.56. The second-order valence-corrected chi connectivity index (χ2v) is 3.52. The Morgan fingerprint density at radius 2 is 1.87 bits per heavy atom. The van der Waals surface area contributed by atoms with Crippen molar-refractivity contribution in [1.29, 1.82) is 0 Å². The van der Waals surface area contributed by atoms with Crippen LogP contribution in [0.2, 0.25) is 0 Å². The average Bonchev–Trinajstić information content (AvgIpc) is 2.20. The van der Waals surface area contributed by atoms with E-state index in [0.717, 1.165) is 6.92 Å². The van der Waals surface area contributed by atoms with E-state index in [1.807, 2.05) is 0 Å². The number of hydrogen-bond acceptors (Lipinski definition) is 7. The molecule has 1 heterocycles. The summed E-state index contributed by atoms with van der Waals surface area (Å²) in [5.41, 5.74) is -2.52. The summed E-state index contributed by atoms with van der Waals surface area (Å²) in [6.45, 7) is 0.263. The van der Waals surface area contributed by atoms with E-state index >= 15 is 0 Å². The third-order valence-corrected chi connectivity index (χ3v) is 2.58. The number of aliphatic hydroxyl groups is 5. The van der Waals surface area contributed by atoms with Crippen molar-refractivity contribution >= 4 is 5.78 Å². The predicted molar refractivity (Wildman–Crippen MR) is 45.6 cm³/mol. The summed E-state index contributed by atoms with van der Waals surface area (Å²) in [6, 6.07) is 0. The largest absolute Gasteiger partial charge is 0.394 e. The first-order valence-electron chi connectivity index (χ1n) is 4.39. The lowest BCUT2D eigenvalue weighted by atomic mass is 9.81. The van der Waals surface area contributed by atoms with E-state index in [1.165, 1.54) is 0 Å². The van der Waals surface area contributed by atoms with E-state index < -0.39 is 42.6 Å². The minimum atomic E-state index is -2.52. The van der Waals surface area contributed by atoms with Crippen molar-refractivity contribution in [1.82, 2.24) is 0 Å². The minimum Gasteiger partial charge on any atom is -0.394 e. The molecule has 1 rings (SSSR count). The zero-order chi connectivity index (χ0) is 11.8. The Morgan fingerprint density at radius 3 is 2.27 bits per heavy atom. The Bertz CT molecular complexity index is 255. The Hall–Kier alpha value is -0.570. The summed E-state index contributed by atoms with van der Waals surface area (Å²) in [5.74, 6) is -0.914. The first-order chi connectivity index (χ1) is 6.85. The molecule has 7 heteroatoms. The standard InChI is InChI=1S/C8H14O7/c1-3(10)8(14)5(11)4(2-9)15-7(13)6(8)12/h4-7,9,11-14H,2H2,1H3/t4-,5+,6+,7?,8+/m1/s1. The van der Waals surface area contributed by atoms with Gasteiger partial charge in [-0.15, -0.1) is 0 Å². The van der Waals surface area contributed by atoms with E-state index in [4.69, 9.17) is 5.11 Å². The van der Waals surface area contributed by atoms with Crippen LogP contribution in [0.15, 0.2) is 0 Å². The van der Waals surface area contributed by atoms with E-state index in [1.54, 1.807) is 0 Å². The molecule has 1 saturated heterocycles. The van der Waals surface area contributed by atoms with Crippen molar-refractivity contribution < 1.29 is 35.1 Å². The van der Waals surface area contributed by atoms with Crippen LogP contribution < -0.4 is 0 Å². The molecule has 1 unspecified atom stereocenters. The SMILES string of the molecule is CC(=O)[C@@]1(O)[C@@H](O)C(O)O[C@H](CO)[C@@H]1O. The normalized spacial score (nSPS) is 46.5. The zero-order valence-corrected chi connectivity index (χ0v) is 8.07. The van der Waals surface area contributed by atoms with Gasteiger partial charge < -0.3 is 30.3 Å². The quantitative estimate of drug-likeness (QED) is 0.332. The number of Topliss-reactive ketones (excluding diaryl/α,β-unsaturated/α-hetero) is 1. The second-order valence-electron chi connectivity index (χ2n) is 3.52. The second kappa shape index (κ2) is 4.12. The lowest BCUT2D eigenvalue weighted by molar-refractivity contribution is -0.311. The molecule has 0 radical (unpaired) electrons. The summed E-state index contributed by atoms with van der Waals surface area (Å²) < 4.78 is 4.60.